The first-order chi connectivity index (χ1) is 8.79. The van der Waals surface area contributed by atoms with Gasteiger partial charge in [0, 0.05) is 17.1 Å². The van der Waals surface area contributed by atoms with Gasteiger partial charge in [-0.2, -0.15) is 13.2 Å². The molecule has 0 spiro atoms. The molecule has 2 aromatic heterocycles. The van der Waals surface area contributed by atoms with Gasteiger partial charge in [-0.25, -0.2) is 0 Å². The predicted molar refractivity (Wildman–Crippen MR) is 58.7 cm³/mol. The van der Waals surface area contributed by atoms with Gasteiger partial charge in [-0.3, -0.25) is 14.6 Å². The largest absolute Gasteiger partial charge is 0.481 e. The second kappa shape index (κ2) is 4.38. The summed E-state index contributed by atoms with van der Waals surface area (Å²) >= 11 is 0. The maximum Gasteiger partial charge on any atom is 0.434 e. The number of nitrogens with zero attached hydrogens (tertiary/aromatic N) is 1. The fourth-order valence-corrected chi connectivity index (χ4v) is 1.69. The summed E-state index contributed by atoms with van der Waals surface area (Å²) in [4.78, 5) is 27.5. The van der Waals surface area contributed by atoms with Crippen molar-refractivity contribution in [2.24, 2.45) is 0 Å². The molecule has 2 rings (SSSR count). The van der Waals surface area contributed by atoms with Crippen molar-refractivity contribution in [1.29, 1.82) is 0 Å². The van der Waals surface area contributed by atoms with E-state index in [1.807, 2.05) is 0 Å². The van der Waals surface area contributed by atoms with Crippen LogP contribution in [0.3, 0.4) is 0 Å². The highest BCUT2D eigenvalue weighted by atomic mass is 19.4. The number of hydrogen-bond acceptors (Lipinski definition) is 3. The highest BCUT2D eigenvalue weighted by Gasteiger charge is 2.34. The van der Waals surface area contributed by atoms with Crippen LogP contribution in [0.25, 0.3) is 10.9 Å². The fourth-order valence-electron chi connectivity index (χ4n) is 1.69. The lowest BCUT2D eigenvalue weighted by molar-refractivity contribution is -0.139. The van der Waals surface area contributed by atoms with Gasteiger partial charge in [-0.1, -0.05) is 0 Å². The van der Waals surface area contributed by atoms with Crippen LogP contribution in [0, 0.1) is 0 Å². The molecule has 2 heterocycles. The number of rotatable bonds is 2. The third kappa shape index (κ3) is 2.56. The van der Waals surface area contributed by atoms with E-state index in [1.165, 1.54) is 6.07 Å². The monoisotopic (exact) mass is 272 g/mol. The Bertz CT molecular complexity index is 706. The molecule has 5 nitrogen and oxygen atoms in total. The molecule has 100 valence electrons. The molecule has 0 radical (unpaired) electrons. The van der Waals surface area contributed by atoms with Crippen LogP contribution in [0.15, 0.2) is 23.1 Å². The highest BCUT2D eigenvalue weighted by molar-refractivity contribution is 5.82. The minimum atomic E-state index is -4.68. The minimum absolute atomic E-state index is 0.0403. The van der Waals surface area contributed by atoms with Crippen molar-refractivity contribution >= 4 is 16.9 Å². The van der Waals surface area contributed by atoms with Crippen LogP contribution in [-0.4, -0.2) is 21.0 Å². The number of halogens is 3. The second-order valence-corrected chi connectivity index (χ2v) is 3.81. The SMILES string of the molecule is O=C(O)Cc1cc2c(C(F)(F)F)nccc2[nH]c1=O. The van der Waals surface area contributed by atoms with Crippen molar-refractivity contribution in [3.8, 4) is 0 Å². The molecule has 2 N–H and O–H groups in total. The molecule has 19 heavy (non-hydrogen) atoms. The van der Waals surface area contributed by atoms with Gasteiger partial charge in [0.15, 0.2) is 5.69 Å². The third-order valence-electron chi connectivity index (χ3n) is 2.46. The van der Waals surface area contributed by atoms with Gasteiger partial charge in [0.05, 0.1) is 11.9 Å². The third-order valence-corrected chi connectivity index (χ3v) is 2.46. The van der Waals surface area contributed by atoms with Gasteiger partial charge < -0.3 is 10.1 Å². The summed E-state index contributed by atoms with van der Waals surface area (Å²) in [7, 11) is 0. The number of carboxylic acid groups (broad SMARTS) is 1. The van der Waals surface area contributed by atoms with Gasteiger partial charge in [0.25, 0.3) is 5.56 Å². The molecule has 0 bridgehead atoms. The summed E-state index contributed by atoms with van der Waals surface area (Å²) in [5.41, 5.74) is -2.18. The Hall–Kier alpha value is -2.38. The number of pyridine rings is 2. The van der Waals surface area contributed by atoms with Crippen LogP contribution in [0.4, 0.5) is 13.2 Å². The Labute approximate surface area is 103 Å². The van der Waals surface area contributed by atoms with Crippen molar-refractivity contribution in [3.63, 3.8) is 0 Å². The maximum atomic E-state index is 12.7. The minimum Gasteiger partial charge on any atom is -0.481 e. The molecular weight excluding hydrogens is 265 g/mol. The lowest BCUT2D eigenvalue weighted by Gasteiger charge is -2.09. The maximum absolute atomic E-state index is 12.7. The van der Waals surface area contributed by atoms with Crippen molar-refractivity contribution < 1.29 is 23.1 Å². The van der Waals surface area contributed by atoms with Gasteiger partial charge in [0.2, 0.25) is 0 Å². The van der Waals surface area contributed by atoms with Crippen LogP contribution in [0.1, 0.15) is 11.3 Å². The number of carbonyl (C=O) groups is 1. The first-order valence-corrected chi connectivity index (χ1v) is 5.09. The first kappa shape index (κ1) is 13.1. The lowest BCUT2D eigenvalue weighted by Crippen LogP contribution is -2.17. The average molecular weight is 272 g/mol. The molecule has 0 amide bonds. The number of alkyl halides is 3. The van der Waals surface area contributed by atoms with Crippen molar-refractivity contribution in [1.82, 2.24) is 9.97 Å². The molecule has 0 aliphatic rings. The Morgan fingerprint density at radius 1 is 1.42 bits per heavy atom. The van der Waals surface area contributed by atoms with Gasteiger partial charge in [0.1, 0.15) is 0 Å². The summed E-state index contributed by atoms with van der Waals surface area (Å²) in [6.45, 7) is 0. The van der Waals surface area contributed by atoms with Crippen LogP contribution in [-0.2, 0) is 17.4 Å². The molecular formula is C11H7F3N2O3. The molecule has 0 aliphatic carbocycles. The summed E-state index contributed by atoms with van der Waals surface area (Å²) in [5.74, 6) is -1.30. The predicted octanol–water partition coefficient (Wildman–Crippen LogP) is 1.57. The van der Waals surface area contributed by atoms with Gasteiger partial charge >= 0.3 is 12.1 Å². The number of nitrogens with one attached hydrogen (secondary N) is 1. The number of H-pyrrole nitrogens is 1. The lowest BCUT2D eigenvalue weighted by atomic mass is 10.1. The second-order valence-electron chi connectivity index (χ2n) is 3.81. The number of aliphatic carboxylic acids is 1. The summed E-state index contributed by atoms with van der Waals surface area (Å²) in [6.07, 6.45) is -4.41. The number of fused-ring (bicyclic) bond motifs is 1. The Kier molecular flexibility index (Phi) is 3.01. The van der Waals surface area contributed by atoms with Crippen LogP contribution in [0.2, 0.25) is 0 Å². The summed E-state index contributed by atoms with van der Waals surface area (Å²) < 4.78 is 38.2. The van der Waals surface area contributed by atoms with E-state index in [4.69, 9.17) is 5.11 Å². The summed E-state index contributed by atoms with van der Waals surface area (Å²) in [6, 6.07) is 2.13. The van der Waals surface area contributed by atoms with E-state index >= 15 is 0 Å². The van der Waals surface area contributed by atoms with E-state index in [0.29, 0.717) is 0 Å². The van der Waals surface area contributed by atoms with Crippen molar-refractivity contribution in [2.75, 3.05) is 0 Å². The highest BCUT2D eigenvalue weighted by Crippen LogP contribution is 2.32. The topological polar surface area (TPSA) is 83.0 Å². The zero-order chi connectivity index (χ0) is 14.2. The van der Waals surface area contributed by atoms with Crippen molar-refractivity contribution in [3.05, 3.63) is 39.9 Å². The number of hydrogen-bond donors (Lipinski definition) is 2. The molecule has 0 saturated carbocycles. The Morgan fingerprint density at radius 2 is 2.11 bits per heavy atom. The Morgan fingerprint density at radius 3 is 2.68 bits per heavy atom. The summed E-state index contributed by atoms with van der Waals surface area (Å²) in [5, 5.41) is 8.27. The van der Waals surface area contributed by atoms with E-state index < -0.39 is 29.8 Å². The van der Waals surface area contributed by atoms with E-state index in [-0.39, 0.29) is 16.5 Å². The smallest absolute Gasteiger partial charge is 0.434 e. The zero-order valence-electron chi connectivity index (χ0n) is 9.28. The van der Waals surface area contributed by atoms with Gasteiger partial charge in [-0.15, -0.1) is 0 Å². The molecule has 0 aliphatic heterocycles. The molecule has 2 aromatic rings. The van der Waals surface area contributed by atoms with Crippen molar-refractivity contribution in [2.45, 2.75) is 12.6 Å². The molecule has 0 aromatic carbocycles. The van der Waals surface area contributed by atoms with Gasteiger partial charge in [-0.05, 0) is 12.1 Å². The quantitative estimate of drug-likeness (QED) is 0.869. The first-order valence-electron chi connectivity index (χ1n) is 5.09. The van der Waals surface area contributed by atoms with Crippen LogP contribution in [0.5, 0.6) is 0 Å². The van der Waals surface area contributed by atoms with Crippen LogP contribution < -0.4 is 5.56 Å². The molecule has 0 saturated heterocycles. The van der Waals surface area contributed by atoms with E-state index in [0.717, 1.165) is 12.3 Å². The fraction of sp³-hybridized carbons (Fsp3) is 0.182. The van der Waals surface area contributed by atoms with Crippen LogP contribution >= 0.6 is 0 Å². The molecule has 0 atom stereocenters. The zero-order valence-corrected chi connectivity index (χ0v) is 9.28. The number of aromatic amines is 1. The number of carboxylic acids is 1. The van der Waals surface area contributed by atoms with E-state index in [2.05, 4.69) is 9.97 Å². The Balaban J connectivity index is 2.74. The molecule has 0 unspecified atom stereocenters. The molecule has 0 fully saturated rings. The average Bonchev–Trinajstić information content (AvgIpc) is 2.27. The van der Waals surface area contributed by atoms with E-state index in [1.54, 1.807) is 0 Å². The number of aromatic nitrogens is 2. The molecule has 8 heteroatoms. The normalized spacial score (nSPS) is 11.7. The van der Waals surface area contributed by atoms with E-state index in [9.17, 15) is 22.8 Å². The standard InChI is InChI=1S/C11H7F3N2O3/c12-11(13,14)9-6-3-5(4-8(17)18)10(19)16-7(6)1-2-15-9/h1-3H,4H2,(H,16,19)(H,17,18).